The zero-order chi connectivity index (χ0) is 10.4. The van der Waals surface area contributed by atoms with Crippen LogP contribution in [0.3, 0.4) is 0 Å². The van der Waals surface area contributed by atoms with Gasteiger partial charge in [0, 0.05) is 23.1 Å². The summed E-state index contributed by atoms with van der Waals surface area (Å²) in [5.74, 6) is 0. The zero-order valence-electron chi connectivity index (χ0n) is 8.18. The van der Waals surface area contributed by atoms with Crippen molar-refractivity contribution in [3.8, 4) is 6.07 Å². The largest absolute Gasteiger partial charge is 0.385 e. The van der Waals surface area contributed by atoms with E-state index in [-0.39, 0.29) is 0 Å². The molecule has 0 saturated carbocycles. The molecule has 0 saturated heterocycles. The summed E-state index contributed by atoms with van der Waals surface area (Å²) in [6.07, 6.45) is 1.50. The number of halogens is 1. The van der Waals surface area contributed by atoms with E-state index in [0.29, 0.717) is 6.42 Å². The van der Waals surface area contributed by atoms with Gasteiger partial charge in [-0.1, -0.05) is 22.0 Å². The third-order valence-electron chi connectivity index (χ3n) is 1.97. The summed E-state index contributed by atoms with van der Waals surface area (Å²) < 4.78 is 1.11. The molecule has 0 aliphatic carbocycles. The van der Waals surface area contributed by atoms with Gasteiger partial charge < -0.3 is 5.32 Å². The topological polar surface area (TPSA) is 35.8 Å². The van der Waals surface area contributed by atoms with Gasteiger partial charge in [-0.15, -0.1) is 0 Å². The quantitative estimate of drug-likeness (QED) is 0.834. The zero-order valence-corrected chi connectivity index (χ0v) is 9.76. The van der Waals surface area contributed by atoms with Crippen LogP contribution < -0.4 is 5.32 Å². The highest BCUT2D eigenvalue weighted by Gasteiger charge is 1.96. The maximum absolute atomic E-state index is 8.36. The van der Waals surface area contributed by atoms with Crippen LogP contribution in [0.1, 0.15) is 18.4 Å². The first-order chi connectivity index (χ1) is 6.74. The van der Waals surface area contributed by atoms with Crippen molar-refractivity contribution in [2.75, 3.05) is 11.9 Å². The highest BCUT2D eigenvalue weighted by Crippen LogP contribution is 2.20. The van der Waals surface area contributed by atoms with Crippen molar-refractivity contribution in [1.82, 2.24) is 0 Å². The third-order valence-corrected chi connectivity index (χ3v) is 2.82. The molecule has 2 nitrogen and oxygen atoms in total. The first-order valence-corrected chi connectivity index (χ1v) is 5.40. The molecule has 0 aliphatic heterocycles. The first-order valence-electron chi connectivity index (χ1n) is 4.61. The van der Waals surface area contributed by atoms with Crippen molar-refractivity contribution in [3.05, 3.63) is 28.2 Å². The molecule has 1 aromatic carbocycles. The van der Waals surface area contributed by atoms with Crippen LogP contribution in [0.5, 0.6) is 0 Å². The number of nitrogens with one attached hydrogen (secondary N) is 1. The Morgan fingerprint density at radius 3 is 2.93 bits per heavy atom. The van der Waals surface area contributed by atoms with Crippen LogP contribution in [0.4, 0.5) is 5.69 Å². The molecule has 0 amide bonds. The van der Waals surface area contributed by atoms with E-state index in [0.717, 1.165) is 23.1 Å². The van der Waals surface area contributed by atoms with Crippen molar-refractivity contribution < 1.29 is 0 Å². The van der Waals surface area contributed by atoms with Crippen LogP contribution in [0.15, 0.2) is 22.7 Å². The minimum Gasteiger partial charge on any atom is -0.385 e. The molecule has 14 heavy (non-hydrogen) atoms. The average Bonchev–Trinajstić information content (AvgIpc) is 2.18. The lowest BCUT2D eigenvalue weighted by molar-refractivity contribution is 0.897. The SMILES string of the molecule is Cc1ccc(NCCCC#N)cc1Br. The van der Waals surface area contributed by atoms with Crippen molar-refractivity contribution in [2.24, 2.45) is 0 Å². The Balaban J connectivity index is 2.44. The van der Waals surface area contributed by atoms with Gasteiger partial charge in [0.15, 0.2) is 0 Å². The number of rotatable bonds is 4. The number of aryl methyl sites for hydroxylation is 1. The fourth-order valence-electron chi connectivity index (χ4n) is 1.10. The summed E-state index contributed by atoms with van der Waals surface area (Å²) in [5.41, 5.74) is 2.33. The Labute approximate surface area is 93.1 Å². The number of hydrogen-bond donors (Lipinski definition) is 1. The Morgan fingerprint density at radius 2 is 2.29 bits per heavy atom. The van der Waals surface area contributed by atoms with E-state index in [9.17, 15) is 0 Å². The molecule has 0 spiro atoms. The lowest BCUT2D eigenvalue weighted by Gasteiger charge is -2.06. The minimum atomic E-state index is 0.611. The van der Waals surface area contributed by atoms with Gasteiger partial charge in [0.2, 0.25) is 0 Å². The predicted octanol–water partition coefficient (Wildman–Crippen LogP) is 3.47. The Kier molecular flexibility index (Phi) is 4.48. The van der Waals surface area contributed by atoms with Gasteiger partial charge in [0.25, 0.3) is 0 Å². The maximum Gasteiger partial charge on any atom is 0.0622 e. The highest BCUT2D eigenvalue weighted by atomic mass is 79.9. The van der Waals surface area contributed by atoms with Crippen molar-refractivity contribution in [1.29, 1.82) is 5.26 Å². The number of unbranched alkanes of at least 4 members (excludes halogenated alkanes) is 1. The van der Waals surface area contributed by atoms with E-state index in [1.807, 2.05) is 6.07 Å². The van der Waals surface area contributed by atoms with Crippen LogP contribution in [0.25, 0.3) is 0 Å². The minimum absolute atomic E-state index is 0.611. The molecule has 0 heterocycles. The standard InChI is InChI=1S/C11H13BrN2/c1-9-4-5-10(8-11(9)12)14-7-3-2-6-13/h4-5,8,14H,2-3,7H2,1H3. The average molecular weight is 253 g/mol. The van der Waals surface area contributed by atoms with Crippen LogP contribution in [-0.2, 0) is 0 Å². The Bertz CT molecular complexity index is 342. The summed E-state index contributed by atoms with van der Waals surface area (Å²) in [6, 6.07) is 8.30. The van der Waals surface area contributed by atoms with Crippen LogP contribution >= 0.6 is 15.9 Å². The summed E-state index contributed by atoms with van der Waals surface area (Å²) in [5, 5.41) is 11.6. The van der Waals surface area contributed by atoms with Crippen molar-refractivity contribution >= 4 is 21.6 Å². The summed E-state index contributed by atoms with van der Waals surface area (Å²) in [4.78, 5) is 0. The first kappa shape index (κ1) is 11.1. The molecule has 0 fully saturated rings. The van der Waals surface area contributed by atoms with Gasteiger partial charge in [0.1, 0.15) is 0 Å². The molecule has 1 rings (SSSR count). The number of benzene rings is 1. The fraction of sp³-hybridized carbons (Fsp3) is 0.364. The lowest BCUT2D eigenvalue weighted by atomic mass is 10.2. The van der Waals surface area contributed by atoms with E-state index in [1.54, 1.807) is 0 Å². The molecular formula is C11H13BrN2. The highest BCUT2D eigenvalue weighted by molar-refractivity contribution is 9.10. The number of nitriles is 1. The summed E-state index contributed by atoms with van der Waals surface area (Å²) >= 11 is 3.48. The van der Waals surface area contributed by atoms with E-state index in [2.05, 4.69) is 46.4 Å². The lowest BCUT2D eigenvalue weighted by Crippen LogP contribution is -2.00. The number of hydrogen-bond acceptors (Lipinski definition) is 2. The molecule has 1 aromatic rings. The van der Waals surface area contributed by atoms with E-state index < -0.39 is 0 Å². The van der Waals surface area contributed by atoms with Gasteiger partial charge in [-0.2, -0.15) is 5.26 Å². The second-order valence-electron chi connectivity index (χ2n) is 3.15. The smallest absolute Gasteiger partial charge is 0.0622 e. The molecular weight excluding hydrogens is 240 g/mol. The van der Waals surface area contributed by atoms with E-state index in [4.69, 9.17) is 5.26 Å². The number of anilines is 1. The molecule has 0 atom stereocenters. The normalized spacial score (nSPS) is 9.50. The summed E-state index contributed by atoms with van der Waals surface area (Å²) in [6.45, 7) is 2.91. The third kappa shape index (κ3) is 3.39. The van der Waals surface area contributed by atoms with E-state index in [1.165, 1.54) is 5.56 Å². The second kappa shape index (κ2) is 5.66. The van der Waals surface area contributed by atoms with Crippen LogP contribution in [0, 0.1) is 18.3 Å². The fourth-order valence-corrected chi connectivity index (χ4v) is 1.48. The number of nitrogens with zero attached hydrogens (tertiary/aromatic N) is 1. The molecule has 0 unspecified atom stereocenters. The molecule has 0 aliphatic rings. The maximum atomic E-state index is 8.36. The molecule has 3 heteroatoms. The molecule has 0 aromatic heterocycles. The molecule has 0 bridgehead atoms. The summed E-state index contributed by atoms with van der Waals surface area (Å²) in [7, 11) is 0. The monoisotopic (exact) mass is 252 g/mol. The molecule has 1 N–H and O–H groups in total. The molecule has 0 radical (unpaired) electrons. The van der Waals surface area contributed by atoms with Gasteiger partial charge in [-0.25, -0.2) is 0 Å². The Hall–Kier alpha value is -1.01. The van der Waals surface area contributed by atoms with Gasteiger partial charge in [-0.3, -0.25) is 0 Å². The van der Waals surface area contributed by atoms with Crippen molar-refractivity contribution in [2.45, 2.75) is 19.8 Å². The van der Waals surface area contributed by atoms with Gasteiger partial charge in [-0.05, 0) is 31.0 Å². The van der Waals surface area contributed by atoms with Crippen LogP contribution in [0.2, 0.25) is 0 Å². The second-order valence-corrected chi connectivity index (χ2v) is 4.01. The predicted molar refractivity (Wildman–Crippen MR) is 62.2 cm³/mol. The van der Waals surface area contributed by atoms with Gasteiger partial charge in [0.05, 0.1) is 6.07 Å². The van der Waals surface area contributed by atoms with Crippen molar-refractivity contribution in [3.63, 3.8) is 0 Å². The Morgan fingerprint density at radius 1 is 1.50 bits per heavy atom. The van der Waals surface area contributed by atoms with Gasteiger partial charge >= 0.3 is 0 Å². The van der Waals surface area contributed by atoms with E-state index >= 15 is 0 Å². The molecule has 74 valence electrons. The van der Waals surface area contributed by atoms with Crippen LogP contribution in [-0.4, -0.2) is 6.54 Å².